The standard InChI is InChI=1S/C21H20/c1-4-18-14-10-7-6-9-13-17(3)21(20(18)5-2)19-15-11-8-12-16-19/h4-16H,1-2H2,3H3. The highest BCUT2D eigenvalue weighted by atomic mass is 14.1. The van der Waals surface area contributed by atoms with Crippen molar-refractivity contribution in [2.75, 3.05) is 0 Å². The maximum atomic E-state index is 4.00. The lowest BCUT2D eigenvalue weighted by atomic mass is 9.94. The average Bonchev–Trinajstić information content (AvgIpc) is 2.53. The lowest BCUT2D eigenvalue weighted by Crippen LogP contribution is -1.88. The van der Waals surface area contributed by atoms with E-state index in [1.54, 1.807) is 0 Å². The molecule has 0 bridgehead atoms. The first kappa shape index (κ1) is 14.8. The first-order valence-corrected chi connectivity index (χ1v) is 7.05. The highest BCUT2D eigenvalue weighted by Gasteiger charge is 2.06. The normalized spacial score (nSPS) is 9.57. The summed E-state index contributed by atoms with van der Waals surface area (Å²) in [5, 5.41) is 0. The molecule has 21 heavy (non-hydrogen) atoms. The van der Waals surface area contributed by atoms with Crippen molar-refractivity contribution in [1.29, 1.82) is 0 Å². The molecule has 0 aromatic heterocycles. The van der Waals surface area contributed by atoms with Crippen LogP contribution in [-0.2, 0) is 0 Å². The third-order valence-electron chi connectivity index (χ3n) is 3.42. The number of hydrogen-bond acceptors (Lipinski definition) is 0. The van der Waals surface area contributed by atoms with Crippen molar-refractivity contribution in [3.63, 3.8) is 0 Å². The largest absolute Gasteiger partial charge is 0.0984 e. The van der Waals surface area contributed by atoms with Crippen LogP contribution in [0.1, 0.15) is 16.7 Å². The maximum Gasteiger partial charge on any atom is -0.00763 e. The minimum absolute atomic E-state index is 1.07. The van der Waals surface area contributed by atoms with Crippen molar-refractivity contribution < 1.29 is 0 Å². The van der Waals surface area contributed by atoms with Crippen LogP contribution in [0.4, 0.5) is 0 Å². The van der Waals surface area contributed by atoms with Crippen molar-refractivity contribution in [2.45, 2.75) is 6.92 Å². The van der Waals surface area contributed by atoms with Crippen LogP contribution in [0.5, 0.6) is 0 Å². The number of aryl methyl sites for hydroxylation is 1. The highest BCUT2D eigenvalue weighted by molar-refractivity contribution is 5.81. The summed E-state index contributed by atoms with van der Waals surface area (Å²) in [4.78, 5) is 0. The number of hydrogen-bond donors (Lipinski definition) is 0. The van der Waals surface area contributed by atoms with Crippen LogP contribution in [-0.4, -0.2) is 0 Å². The molecule has 0 aliphatic carbocycles. The van der Waals surface area contributed by atoms with Gasteiger partial charge in [0.1, 0.15) is 0 Å². The van der Waals surface area contributed by atoms with Gasteiger partial charge in [0.05, 0.1) is 0 Å². The third-order valence-corrected chi connectivity index (χ3v) is 3.42. The van der Waals surface area contributed by atoms with Gasteiger partial charge in [-0.05, 0) is 34.7 Å². The van der Waals surface area contributed by atoms with E-state index in [0.29, 0.717) is 0 Å². The van der Waals surface area contributed by atoms with Crippen LogP contribution in [0, 0.1) is 6.92 Å². The zero-order chi connectivity index (χ0) is 15.1. The van der Waals surface area contributed by atoms with Gasteiger partial charge >= 0.3 is 0 Å². The number of rotatable bonds is 3. The predicted molar refractivity (Wildman–Crippen MR) is 94.4 cm³/mol. The molecule has 0 radical (unpaired) electrons. The summed E-state index contributed by atoms with van der Waals surface area (Å²) in [6.45, 7) is 10.1. The molecule has 0 heterocycles. The first-order valence-electron chi connectivity index (χ1n) is 7.05. The van der Waals surface area contributed by atoms with E-state index in [-0.39, 0.29) is 0 Å². The van der Waals surface area contributed by atoms with Gasteiger partial charge in [-0.3, -0.25) is 0 Å². The predicted octanol–water partition coefficient (Wildman–Crippen LogP) is 6.07. The molecule has 0 saturated heterocycles. The zero-order valence-electron chi connectivity index (χ0n) is 12.4. The summed E-state index contributed by atoms with van der Waals surface area (Å²) in [6.07, 6.45) is 3.79. The van der Waals surface area contributed by atoms with E-state index in [1.165, 1.54) is 16.7 Å². The summed E-state index contributed by atoms with van der Waals surface area (Å²) in [5.74, 6) is 0. The first-order chi connectivity index (χ1) is 10.3. The second-order valence-corrected chi connectivity index (χ2v) is 4.80. The molecule has 0 fully saturated rings. The van der Waals surface area contributed by atoms with Gasteiger partial charge in [-0.2, -0.15) is 0 Å². The Morgan fingerprint density at radius 2 is 1.29 bits per heavy atom. The summed E-state index contributed by atoms with van der Waals surface area (Å²) in [7, 11) is 0. The fourth-order valence-corrected chi connectivity index (χ4v) is 2.40. The molecule has 2 aromatic carbocycles. The van der Waals surface area contributed by atoms with E-state index >= 15 is 0 Å². The molecule has 0 nitrogen and oxygen atoms in total. The van der Waals surface area contributed by atoms with Crippen molar-refractivity contribution >= 4 is 12.2 Å². The summed E-state index contributed by atoms with van der Waals surface area (Å²) >= 11 is 0. The fraction of sp³-hybridized carbons (Fsp3) is 0.0476. The van der Waals surface area contributed by atoms with Gasteiger partial charge in [-0.1, -0.05) is 92.0 Å². The Morgan fingerprint density at radius 1 is 0.714 bits per heavy atom. The van der Waals surface area contributed by atoms with Gasteiger partial charge in [0.25, 0.3) is 0 Å². The third kappa shape index (κ3) is 3.49. The van der Waals surface area contributed by atoms with E-state index in [0.717, 1.165) is 11.1 Å². The Hall–Kier alpha value is -2.60. The van der Waals surface area contributed by atoms with E-state index in [1.807, 2.05) is 36.4 Å². The Balaban J connectivity index is 2.95. The zero-order valence-corrected chi connectivity index (χ0v) is 12.4. The van der Waals surface area contributed by atoms with Gasteiger partial charge in [-0.25, -0.2) is 0 Å². The average molecular weight is 272 g/mol. The van der Waals surface area contributed by atoms with Crippen molar-refractivity contribution in [2.24, 2.45) is 0 Å². The monoisotopic (exact) mass is 272 g/mol. The molecular formula is C21H20. The van der Waals surface area contributed by atoms with Crippen LogP contribution >= 0.6 is 0 Å². The lowest BCUT2D eigenvalue weighted by Gasteiger charge is -2.10. The van der Waals surface area contributed by atoms with Gasteiger partial charge < -0.3 is 0 Å². The van der Waals surface area contributed by atoms with Crippen LogP contribution in [0.15, 0.2) is 79.9 Å². The maximum absolute atomic E-state index is 4.00. The molecule has 0 atom stereocenters. The molecular weight excluding hydrogens is 252 g/mol. The van der Waals surface area contributed by atoms with E-state index in [9.17, 15) is 0 Å². The SMILES string of the molecule is C=Cc1ccccccc(C)c(-c2ccccc2)c1C=C. The highest BCUT2D eigenvalue weighted by Crippen LogP contribution is 2.29. The van der Waals surface area contributed by atoms with Gasteiger partial charge in [-0.15, -0.1) is 0 Å². The molecule has 0 amide bonds. The number of benzene rings is 1. The van der Waals surface area contributed by atoms with Gasteiger partial charge in [0.15, 0.2) is 0 Å². The lowest BCUT2D eigenvalue weighted by molar-refractivity contribution is 1.46. The Labute approximate surface area is 127 Å². The topological polar surface area (TPSA) is 0 Å². The minimum atomic E-state index is 1.07. The van der Waals surface area contributed by atoms with E-state index < -0.39 is 0 Å². The molecule has 104 valence electrons. The smallest absolute Gasteiger partial charge is 0.00763 e. The van der Waals surface area contributed by atoms with Crippen LogP contribution in [0.2, 0.25) is 0 Å². The quantitative estimate of drug-likeness (QED) is 0.636. The van der Waals surface area contributed by atoms with E-state index in [2.05, 4.69) is 62.5 Å². The van der Waals surface area contributed by atoms with Crippen molar-refractivity contribution in [3.05, 3.63) is 96.6 Å². The Kier molecular flexibility index (Phi) is 5.11. The molecule has 2 rings (SSSR count). The molecule has 0 spiro atoms. The van der Waals surface area contributed by atoms with Crippen LogP contribution < -0.4 is 0 Å². The van der Waals surface area contributed by atoms with Crippen molar-refractivity contribution in [3.8, 4) is 11.1 Å². The summed E-state index contributed by atoms with van der Waals surface area (Å²) in [5.41, 5.74) is 5.76. The molecule has 0 saturated carbocycles. The summed E-state index contributed by atoms with van der Waals surface area (Å²) in [6, 6.07) is 22.7. The second-order valence-electron chi connectivity index (χ2n) is 4.80. The van der Waals surface area contributed by atoms with Crippen LogP contribution in [0.25, 0.3) is 23.3 Å². The molecule has 0 N–H and O–H groups in total. The molecule has 2 aromatic rings. The van der Waals surface area contributed by atoms with Gasteiger partial charge in [0.2, 0.25) is 0 Å². The molecule has 0 aliphatic rings. The van der Waals surface area contributed by atoms with E-state index in [4.69, 9.17) is 0 Å². The van der Waals surface area contributed by atoms with Crippen LogP contribution in [0.3, 0.4) is 0 Å². The Bertz CT molecular complexity index is 692. The van der Waals surface area contributed by atoms with Crippen molar-refractivity contribution in [1.82, 2.24) is 0 Å². The molecule has 0 unspecified atom stereocenters. The van der Waals surface area contributed by atoms with Gasteiger partial charge in [0, 0.05) is 0 Å². The molecule has 0 aliphatic heterocycles. The Morgan fingerprint density at radius 3 is 1.90 bits per heavy atom. The fourth-order valence-electron chi connectivity index (χ4n) is 2.40. The summed E-state index contributed by atoms with van der Waals surface area (Å²) < 4.78 is 0. The minimum Gasteiger partial charge on any atom is -0.0984 e. The molecule has 0 heteroatoms. The second kappa shape index (κ2) is 7.25.